The monoisotopic (exact) mass is 262 g/mol. The summed E-state index contributed by atoms with van der Waals surface area (Å²) in [4.78, 5) is 20.9. The topological polar surface area (TPSA) is 52.1 Å². The first-order valence-electron chi connectivity index (χ1n) is 5.66. The molecule has 0 saturated heterocycles. The minimum Gasteiger partial charge on any atom is -0.464 e. The number of rotatable bonds is 3. The number of hydrogen-bond donors (Lipinski definition) is 0. The molecule has 0 bridgehead atoms. The van der Waals surface area contributed by atoms with E-state index in [2.05, 4.69) is 16.9 Å². The number of ether oxygens (including phenoxy) is 1. The van der Waals surface area contributed by atoms with Crippen molar-refractivity contribution in [2.45, 2.75) is 20.3 Å². The van der Waals surface area contributed by atoms with Crippen molar-refractivity contribution in [3.63, 3.8) is 0 Å². The third-order valence-corrected chi connectivity index (χ3v) is 3.69. The lowest BCUT2D eigenvalue weighted by molar-refractivity contribution is 0.0594. The Balaban J connectivity index is 2.49. The molecule has 0 radical (unpaired) electrons. The van der Waals surface area contributed by atoms with Gasteiger partial charge in [-0.3, -0.25) is 4.98 Å². The number of esters is 1. The average Bonchev–Trinajstić information content (AvgIpc) is 2.79. The molecule has 0 unspecified atom stereocenters. The van der Waals surface area contributed by atoms with Gasteiger partial charge in [0.15, 0.2) is 5.69 Å². The van der Waals surface area contributed by atoms with Gasteiger partial charge in [-0.25, -0.2) is 9.78 Å². The van der Waals surface area contributed by atoms with Gasteiger partial charge in [0.1, 0.15) is 5.01 Å². The van der Waals surface area contributed by atoms with Crippen LogP contribution in [0.15, 0.2) is 18.5 Å². The number of hydrogen-bond acceptors (Lipinski definition) is 5. The first kappa shape index (κ1) is 12.7. The van der Waals surface area contributed by atoms with Crippen LogP contribution in [-0.2, 0) is 11.2 Å². The normalized spacial score (nSPS) is 10.4. The maximum atomic E-state index is 11.5. The van der Waals surface area contributed by atoms with Gasteiger partial charge in [-0.2, -0.15) is 0 Å². The van der Waals surface area contributed by atoms with E-state index in [0.717, 1.165) is 27.4 Å². The number of pyridine rings is 1. The summed E-state index contributed by atoms with van der Waals surface area (Å²) in [5, 5.41) is 0.840. The standard InChI is InChI=1S/C13H14N2O2S/c1-4-9-7-14-6-5-10(9)12-15-11(8(2)18-12)13(16)17-3/h5-7H,4H2,1-3H3. The highest BCUT2D eigenvalue weighted by Crippen LogP contribution is 2.30. The number of thiazole rings is 1. The van der Waals surface area contributed by atoms with E-state index in [0.29, 0.717) is 5.69 Å². The van der Waals surface area contributed by atoms with E-state index < -0.39 is 0 Å². The van der Waals surface area contributed by atoms with Crippen molar-refractivity contribution in [2.75, 3.05) is 7.11 Å². The molecule has 0 spiro atoms. The number of nitrogens with zero attached hydrogens (tertiary/aromatic N) is 2. The highest BCUT2D eigenvalue weighted by Gasteiger charge is 2.17. The Kier molecular flexibility index (Phi) is 3.72. The van der Waals surface area contributed by atoms with Gasteiger partial charge in [-0.15, -0.1) is 11.3 Å². The van der Waals surface area contributed by atoms with E-state index in [1.807, 2.05) is 19.2 Å². The van der Waals surface area contributed by atoms with Gasteiger partial charge in [-0.05, 0) is 25.0 Å². The summed E-state index contributed by atoms with van der Waals surface area (Å²) >= 11 is 1.50. The van der Waals surface area contributed by atoms with Crippen LogP contribution in [0.5, 0.6) is 0 Å². The van der Waals surface area contributed by atoms with Crippen LogP contribution in [0.3, 0.4) is 0 Å². The van der Waals surface area contributed by atoms with E-state index in [4.69, 9.17) is 4.74 Å². The van der Waals surface area contributed by atoms with E-state index in [1.165, 1.54) is 18.4 Å². The van der Waals surface area contributed by atoms with Gasteiger partial charge in [0, 0.05) is 22.8 Å². The van der Waals surface area contributed by atoms with Crippen molar-refractivity contribution in [1.82, 2.24) is 9.97 Å². The van der Waals surface area contributed by atoms with Crippen molar-refractivity contribution in [3.8, 4) is 10.6 Å². The Bertz CT molecular complexity index is 578. The zero-order valence-electron chi connectivity index (χ0n) is 10.6. The quantitative estimate of drug-likeness (QED) is 0.798. The molecule has 2 rings (SSSR count). The summed E-state index contributed by atoms with van der Waals surface area (Å²) < 4.78 is 4.72. The second kappa shape index (κ2) is 5.27. The van der Waals surface area contributed by atoms with Crippen molar-refractivity contribution in [1.29, 1.82) is 0 Å². The van der Waals surface area contributed by atoms with Gasteiger partial charge >= 0.3 is 5.97 Å². The van der Waals surface area contributed by atoms with Crippen LogP contribution in [0.1, 0.15) is 27.9 Å². The SMILES string of the molecule is CCc1cnccc1-c1nc(C(=O)OC)c(C)s1. The van der Waals surface area contributed by atoms with Gasteiger partial charge in [0.2, 0.25) is 0 Å². The first-order chi connectivity index (χ1) is 8.67. The molecule has 4 nitrogen and oxygen atoms in total. The lowest BCUT2D eigenvalue weighted by atomic mass is 10.1. The Labute approximate surface area is 110 Å². The van der Waals surface area contributed by atoms with Crippen LogP contribution < -0.4 is 0 Å². The molecule has 2 aromatic heterocycles. The Morgan fingerprint density at radius 2 is 2.28 bits per heavy atom. The highest BCUT2D eigenvalue weighted by atomic mass is 32.1. The van der Waals surface area contributed by atoms with Crippen molar-refractivity contribution < 1.29 is 9.53 Å². The molecule has 0 aromatic carbocycles. The van der Waals surface area contributed by atoms with Gasteiger partial charge in [0.25, 0.3) is 0 Å². The lowest BCUT2D eigenvalue weighted by Crippen LogP contribution is -2.03. The van der Waals surface area contributed by atoms with Crippen LogP contribution in [0, 0.1) is 6.92 Å². The van der Waals surface area contributed by atoms with E-state index in [-0.39, 0.29) is 5.97 Å². The smallest absolute Gasteiger partial charge is 0.357 e. The molecular weight excluding hydrogens is 248 g/mol. The van der Waals surface area contributed by atoms with E-state index >= 15 is 0 Å². The molecule has 0 aliphatic rings. The number of aryl methyl sites for hydroxylation is 2. The molecule has 0 atom stereocenters. The van der Waals surface area contributed by atoms with E-state index in [9.17, 15) is 4.79 Å². The van der Waals surface area contributed by atoms with Crippen LogP contribution in [-0.4, -0.2) is 23.0 Å². The molecule has 0 saturated carbocycles. The Hall–Kier alpha value is -1.75. The van der Waals surface area contributed by atoms with E-state index in [1.54, 1.807) is 6.20 Å². The van der Waals surface area contributed by atoms with Crippen LogP contribution >= 0.6 is 11.3 Å². The first-order valence-corrected chi connectivity index (χ1v) is 6.48. The summed E-state index contributed by atoms with van der Waals surface area (Å²) in [5.41, 5.74) is 2.56. The molecule has 2 aromatic rings. The van der Waals surface area contributed by atoms with Crippen molar-refractivity contribution >= 4 is 17.3 Å². The summed E-state index contributed by atoms with van der Waals surface area (Å²) in [6, 6.07) is 1.93. The summed E-state index contributed by atoms with van der Waals surface area (Å²) in [5.74, 6) is -0.387. The molecular formula is C13H14N2O2S. The van der Waals surface area contributed by atoms with Crippen LogP contribution in [0.4, 0.5) is 0 Å². The number of carbonyl (C=O) groups is 1. The molecule has 18 heavy (non-hydrogen) atoms. The lowest BCUT2D eigenvalue weighted by Gasteiger charge is -2.02. The predicted octanol–water partition coefficient (Wildman–Crippen LogP) is 2.86. The van der Waals surface area contributed by atoms with Crippen molar-refractivity contribution in [2.24, 2.45) is 0 Å². The highest BCUT2D eigenvalue weighted by molar-refractivity contribution is 7.15. The predicted molar refractivity (Wildman–Crippen MR) is 70.8 cm³/mol. The molecule has 0 N–H and O–H groups in total. The third kappa shape index (κ3) is 2.26. The molecule has 0 fully saturated rings. The molecule has 94 valence electrons. The summed E-state index contributed by atoms with van der Waals surface area (Å²) in [6.07, 6.45) is 4.46. The number of aromatic nitrogens is 2. The van der Waals surface area contributed by atoms with Crippen LogP contribution in [0.25, 0.3) is 10.6 Å². The molecule has 5 heteroatoms. The minimum absolute atomic E-state index is 0.387. The van der Waals surface area contributed by atoms with Gasteiger partial charge in [0.05, 0.1) is 7.11 Å². The largest absolute Gasteiger partial charge is 0.464 e. The zero-order chi connectivity index (χ0) is 13.1. The average molecular weight is 262 g/mol. The summed E-state index contributed by atoms with van der Waals surface area (Å²) in [6.45, 7) is 3.95. The third-order valence-electron chi connectivity index (χ3n) is 2.69. The fourth-order valence-corrected chi connectivity index (χ4v) is 2.68. The van der Waals surface area contributed by atoms with Gasteiger partial charge < -0.3 is 4.74 Å². The van der Waals surface area contributed by atoms with Crippen LogP contribution in [0.2, 0.25) is 0 Å². The molecule has 0 aliphatic carbocycles. The maximum Gasteiger partial charge on any atom is 0.357 e. The molecule has 0 aliphatic heterocycles. The minimum atomic E-state index is -0.387. The fourth-order valence-electron chi connectivity index (χ4n) is 1.72. The number of carbonyl (C=O) groups excluding carboxylic acids is 1. The molecule has 0 amide bonds. The number of methoxy groups -OCH3 is 1. The molecule has 2 heterocycles. The Morgan fingerprint density at radius 1 is 1.50 bits per heavy atom. The van der Waals surface area contributed by atoms with Crippen molar-refractivity contribution in [3.05, 3.63) is 34.6 Å². The fraction of sp³-hybridized carbons (Fsp3) is 0.308. The maximum absolute atomic E-state index is 11.5. The van der Waals surface area contributed by atoms with Gasteiger partial charge in [-0.1, -0.05) is 6.92 Å². The Morgan fingerprint density at radius 3 is 2.94 bits per heavy atom. The second-order valence-corrected chi connectivity index (χ2v) is 5.00. The zero-order valence-corrected chi connectivity index (χ0v) is 11.4. The second-order valence-electron chi connectivity index (χ2n) is 3.80. The summed E-state index contributed by atoms with van der Waals surface area (Å²) in [7, 11) is 1.37.